The molecule has 1 aliphatic carbocycles. The predicted octanol–water partition coefficient (Wildman–Crippen LogP) is 3.71. The number of hydrogen-bond acceptors (Lipinski definition) is 2. The van der Waals surface area contributed by atoms with E-state index in [1.165, 1.54) is 12.5 Å². The molecule has 4 heteroatoms. The van der Waals surface area contributed by atoms with E-state index in [1.54, 1.807) is 12.1 Å². The summed E-state index contributed by atoms with van der Waals surface area (Å²) in [6.07, 6.45) is 5.49. The fourth-order valence-corrected chi connectivity index (χ4v) is 2.87. The SMILES string of the molecule is CCNc1c(F)cccc1C(=O)NC1(C)CCCCC1. The summed E-state index contributed by atoms with van der Waals surface area (Å²) in [5.41, 5.74) is 0.524. The number of anilines is 1. The van der Waals surface area contributed by atoms with Crippen molar-refractivity contribution < 1.29 is 9.18 Å². The van der Waals surface area contributed by atoms with E-state index < -0.39 is 0 Å². The standard InChI is InChI=1S/C16H23FN2O/c1-3-18-14-12(8-7-9-13(14)17)15(20)19-16(2)10-5-4-6-11-16/h7-9,18H,3-6,10-11H2,1-2H3,(H,19,20). The highest BCUT2D eigenvalue weighted by Gasteiger charge is 2.29. The Hall–Kier alpha value is -1.58. The highest BCUT2D eigenvalue weighted by atomic mass is 19.1. The van der Waals surface area contributed by atoms with Crippen LogP contribution in [0.3, 0.4) is 0 Å². The molecule has 2 N–H and O–H groups in total. The van der Waals surface area contributed by atoms with Crippen molar-refractivity contribution >= 4 is 11.6 Å². The Morgan fingerprint density at radius 2 is 2.00 bits per heavy atom. The van der Waals surface area contributed by atoms with Gasteiger partial charge in [0.2, 0.25) is 0 Å². The first kappa shape index (κ1) is 14.8. The molecule has 1 aromatic carbocycles. The maximum atomic E-state index is 13.8. The van der Waals surface area contributed by atoms with Gasteiger partial charge in [-0.05, 0) is 38.8 Å². The van der Waals surface area contributed by atoms with Crippen molar-refractivity contribution in [3.05, 3.63) is 29.6 Å². The summed E-state index contributed by atoms with van der Waals surface area (Å²) in [6.45, 7) is 4.55. The fourth-order valence-electron chi connectivity index (χ4n) is 2.87. The Morgan fingerprint density at radius 3 is 2.65 bits per heavy atom. The largest absolute Gasteiger partial charge is 0.382 e. The topological polar surface area (TPSA) is 41.1 Å². The zero-order valence-corrected chi connectivity index (χ0v) is 12.3. The average molecular weight is 278 g/mol. The molecule has 110 valence electrons. The van der Waals surface area contributed by atoms with Gasteiger partial charge in [0.1, 0.15) is 5.82 Å². The summed E-state index contributed by atoms with van der Waals surface area (Å²) in [6, 6.07) is 4.62. The second kappa shape index (κ2) is 6.25. The minimum absolute atomic E-state index is 0.162. The molecule has 1 aromatic rings. The summed E-state index contributed by atoms with van der Waals surface area (Å²) in [5.74, 6) is -0.571. The van der Waals surface area contributed by atoms with Gasteiger partial charge in [-0.15, -0.1) is 0 Å². The molecule has 1 fully saturated rings. The van der Waals surface area contributed by atoms with Crippen LogP contribution in [0.4, 0.5) is 10.1 Å². The Labute approximate surface area is 120 Å². The van der Waals surface area contributed by atoms with E-state index in [-0.39, 0.29) is 17.3 Å². The number of hydrogen-bond donors (Lipinski definition) is 2. The van der Waals surface area contributed by atoms with Gasteiger partial charge in [-0.1, -0.05) is 25.3 Å². The molecule has 0 heterocycles. The Kier molecular flexibility index (Phi) is 4.63. The molecule has 1 aliphatic rings. The van der Waals surface area contributed by atoms with Crippen molar-refractivity contribution in [3.63, 3.8) is 0 Å². The lowest BCUT2D eigenvalue weighted by Crippen LogP contribution is -2.47. The predicted molar refractivity (Wildman–Crippen MR) is 79.5 cm³/mol. The highest BCUT2D eigenvalue weighted by Crippen LogP contribution is 2.28. The second-order valence-electron chi connectivity index (χ2n) is 5.77. The number of para-hydroxylation sites is 1. The summed E-state index contributed by atoms with van der Waals surface area (Å²) in [4.78, 5) is 12.4. The molecule has 0 aliphatic heterocycles. The minimum atomic E-state index is -0.381. The van der Waals surface area contributed by atoms with Gasteiger partial charge in [-0.25, -0.2) is 4.39 Å². The highest BCUT2D eigenvalue weighted by molar-refractivity contribution is 6.00. The van der Waals surface area contributed by atoms with Gasteiger partial charge in [0.25, 0.3) is 5.91 Å². The van der Waals surface area contributed by atoms with Gasteiger partial charge in [0.15, 0.2) is 0 Å². The van der Waals surface area contributed by atoms with Gasteiger partial charge in [-0.2, -0.15) is 0 Å². The summed E-state index contributed by atoms with van der Waals surface area (Å²) < 4.78 is 13.8. The molecule has 0 spiro atoms. The maximum Gasteiger partial charge on any atom is 0.253 e. The van der Waals surface area contributed by atoms with Crippen molar-refractivity contribution in [2.45, 2.75) is 51.5 Å². The molecule has 3 nitrogen and oxygen atoms in total. The van der Waals surface area contributed by atoms with Crippen molar-refractivity contribution in [1.29, 1.82) is 0 Å². The van der Waals surface area contributed by atoms with Crippen LogP contribution in [0, 0.1) is 5.82 Å². The Balaban J connectivity index is 2.18. The quantitative estimate of drug-likeness (QED) is 0.881. The monoisotopic (exact) mass is 278 g/mol. The first-order valence-electron chi connectivity index (χ1n) is 7.40. The number of halogens is 1. The number of carbonyl (C=O) groups is 1. The van der Waals surface area contributed by atoms with Crippen LogP contribution in [0.15, 0.2) is 18.2 Å². The van der Waals surface area contributed by atoms with Crippen LogP contribution in [0.2, 0.25) is 0 Å². The fraction of sp³-hybridized carbons (Fsp3) is 0.562. The Morgan fingerprint density at radius 1 is 1.30 bits per heavy atom. The van der Waals surface area contributed by atoms with Gasteiger partial charge < -0.3 is 10.6 Å². The van der Waals surface area contributed by atoms with Crippen LogP contribution in [0.1, 0.15) is 56.3 Å². The zero-order valence-electron chi connectivity index (χ0n) is 12.3. The lowest BCUT2D eigenvalue weighted by Gasteiger charge is -2.34. The molecule has 0 bridgehead atoms. The van der Waals surface area contributed by atoms with E-state index in [4.69, 9.17) is 0 Å². The van der Waals surface area contributed by atoms with Crippen LogP contribution in [0.5, 0.6) is 0 Å². The number of carbonyl (C=O) groups excluding carboxylic acids is 1. The summed E-state index contributed by atoms with van der Waals surface area (Å²) in [5, 5.41) is 6.03. The third-order valence-electron chi connectivity index (χ3n) is 3.98. The molecule has 20 heavy (non-hydrogen) atoms. The molecule has 2 rings (SSSR count). The summed E-state index contributed by atoms with van der Waals surface area (Å²) >= 11 is 0. The van der Waals surface area contributed by atoms with Crippen LogP contribution in [-0.2, 0) is 0 Å². The molecule has 0 atom stereocenters. The van der Waals surface area contributed by atoms with Gasteiger partial charge in [0, 0.05) is 12.1 Å². The smallest absolute Gasteiger partial charge is 0.253 e. The molecular weight excluding hydrogens is 255 g/mol. The molecule has 0 radical (unpaired) electrons. The van der Waals surface area contributed by atoms with Crippen molar-refractivity contribution in [3.8, 4) is 0 Å². The maximum absolute atomic E-state index is 13.8. The van der Waals surface area contributed by atoms with E-state index in [0.717, 1.165) is 25.7 Å². The normalized spacial score (nSPS) is 17.6. The number of nitrogens with one attached hydrogen (secondary N) is 2. The lowest BCUT2D eigenvalue weighted by atomic mass is 9.83. The lowest BCUT2D eigenvalue weighted by molar-refractivity contribution is 0.0883. The second-order valence-corrected chi connectivity index (χ2v) is 5.77. The van der Waals surface area contributed by atoms with Crippen LogP contribution < -0.4 is 10.6 Å². The number of amides is 1. The van der Waals surface area contributed by atoms with Crippen molar-refractivity contribution in [2.75, 3.05) is 11.9 Å². The Bertz CT molecular complexity index is 481. The first-order chi connectivity index (χ1) is 9.56. The molecule has 0 unspecified atom stereocenters. The van der Waals surface area contributed by atoms with E-state index >= 15 is 0 Å². The summed E-state index contributed by atoms with van der Waals surface area (Å²) in [7, 11) is 0. The van der Waals surface area contributed by atoms with Crippen LogP contribution in [-0.4, -0.2) is 18.0 Å². The van der Waals surface area contributed by atoms with Crippen molar-refractivity contribution in [1.82, 2.24) is 5.32 Å². The van der Waals surface area contributed by atoms with Crippen LogP contribution >= 0.6 is 0 Å². The van der Waals surface area contributed by atoms with E-state index in [0.29, 0.717) is 17.8 Å². The number of rotatable bonds is 4. The molecule has 1 saturated carbocycles. The van der Waals surface area contributed by atoms with Gasteiger partial charge in [0.05, 0.1) is 11.3 Å². The van der Waals surface area contributed by atoms with Gasteiger partial charge in [-0.3, -0.25) is 4.79 Å². The third-order valence-corrected chi connectivity index (χ3v) is 3.98. The minimum Gasteiger partial charge on any atom is -0.382 e. The van der Waals surface area contributed by atoms with E-state index in [2.05, 4.69) is 17.6 Å². The van der Waals surface area contributed by atoms with Crippen molar-refractivity contribution in [2.24, 2.45) is 0 Å². The molecule has 0 aromatic heterocycles. The zero-order chi connectivity index (χ0) is 14.6. The molecule has 1 amide bonds. The number of benzene rings is 1. The molecular formula is C16H23FN2O. The molecule has 0 saturated heterocycles. The van der Waals surface area contributed by atoms with Gasteiger partial charge >= 0.3 is 0 Å². The van der Waals surface area contributed by atoms with E-state index in [9.17, 15) is 9.18 Å². The third kappa shape index (κ3) is 3.30. The first-order valence-corrected chi connectivity index (χ1v) is 7.40. The average Bonchev–Trinajstić information content (AvgIpc) is 2.41. The van der Waals surface area contributed by atoms with E-state index in [1.807, 2.05) is 6.92 Å². The van der Waals surface area contributed by atoms with Crippen LogP contribution in [0.25, 0.3) is 0 Å².